The Morgan fingerprint density at radius 2 is 1.89 bits per heavy atom. The fourth-order valence-corrected chi connectivity index (χ4v) is 2.70. The first-order valence-corrected chi connectivity index (χ1v) is 6.02. The van der Waals surface area contributed by atoms with E-state index in [0.29, 0.717) is 13.1 Å². The minimum Gasteiger partial charge on any atom is -0.481 e. The third kappa shape index (κ3) is 1.85. The smallest absolute Gasteiger partial charge is 0.307 e. The average Bonchev–Trinajstić information content (AvgIpc) is 2.85. The summed E-state index contributed by atoms with van der Waals surface area (Å²) in [7, 11) is 1.70. The lowest BCUT2D eigenvalue weighted by Crippen LogP contribution is -2.51. The van der Waals surface area contributed by atoms with Gasteiger partial charge in [-0.3, -0.25) is 14.4 Å². The summed E-state index contributed by atoms with van der Waals surface area (Å²) >= 11 is 0. The Kier molecular flexibility index (Phi) is 2.83. The van der Waals surface area contributed by atoms with Crippen LogP contribution in [-0.4, -0.2) is 59.4 Å². The van der Waals surface area contributed by atoms with Crippen molar-refractivity contribution in [3.8, 4) is 0 Å². The van der Waals surface area contributed by atoms with Crippen LogP contribution < -0.4 is 0 Å². The van der Waals surface area contributed by atoms with Crippen molar-refractivity contribution in [2.45, 2.75) is 13.8 Å². The van der Waals surface area contributed by atoms with E-state index in [1.807, 2.05) is 0 Å². The fourth-order valence-electron chi connectivity index (χ4n) is 2.70. The molecule has 6 heteroatoms. The Morgan fingerprint density at radius 3 is 2.33 bits per heavy atom. The first-order chi connectivity index (χ1) is 8.26. The first kappa shape index (κ1) is 12.9. The van der Waals surface area contributed by atoms with Crippen molar-refractivity contribution < 1.29 is 19.5 Å². The minimum atomic E-state index is -0.932. The van der Waals surface area contributed by atoms with Crippen LogP contribution in [0.25, 0.3) is 0 Å². The Hall–Kier alpha value is -1.59. The predicted octanol–water partition coefficient (Wildman–Crippen LogP) is -0.356. The van der Waals surface area contributed by atoms with E-state index in [0.717, 1.165) is 0 Å². The van der Waals surface area contributed by atoms with Gasteiger partial charge >= 0.3 is 5.97 Å². The molecule has 18 heavy (non-hydrogen) atoms. The Morgan fingerprint density at radius 1 is 1.28 bits per heavy atom. The number of nitrogens with zero attached hydrogens (tertiary/aromatic N) is 2. The first-order valence-electron chi connectivity index (χ1n) is 6.02. The van der Waals surface area contributed by atoms with Crippen LogP contribution in [0.2, 0.25) is 0 Å². The molecule has 1 N–H and O–H groups in total. The number of piperazine rings is 1. The molecule has 0 bridgehead atoms. The van der Waals surface area contributed by atoms with Gasteiger partial charge in [-0.2, -0.15) is 0 Å². The highest BCUT2D eigenvalue weighted by molar-refractivity contribution is 5.94. The van der Waals surface area contributed by atoms with Gasteiger partial charge < -0.3 is 14.9 Å². The van der Waals surface area contributed by atoms with Crippen molar-refractivity contribution in [2.24, 2.45) is 17.3 Å². The van der Waals surface area contributed by atoms with Gasteiger partial charge in [0.25, 0.3) is 0 Å². The maximum atomic E-state index is 12.2. The molecular weight excluding hydrogens is 236 g/mol. The fraction of sp³-hybridized carbons (Fsp3) is 0.750. The zero-order valence-corrected chi connectivity index (χ0v) is 10.8. The van der Waals surface area contributed by atoms with E-state index in [4.69, 9.17) is 5.11 Å². The number of carboxylic acid groups (broad SMARTS) is 1. The van der Waals surface area contributed by atoms with Crippen LogP contribution >= 0.6 is 0 Å². The lowest BCUT2D eigenvalue weighted by atomic mass is 10.1. The lowest BCUT2D eigenvalue weighted by molar-refractivity contribution is -0.146. The average molecular weight is 254 g/mol. The van der Waals surface area contributed by atoms with Crippen LogP contribution in [0.1, 0.15) is 13.8 Å². The van der Waals surface area contributed by atoms with Gasteiger partial charge in [-0.15, -0.1) is 0 Å². The Bertz CT molecular complexity index is 418. The van der Waals surface area contributed by atoms with Crippen LogP contribution in [0, 0.1) is 17.3 Å². The zero-order valence-electron chi connectivity index (χ0n) is 10.8. The van der Waals surface area contributed by atoms with E-state index < -0.39 is 23.2 Å². The van der Waals surface area contributed by atoms with Crippen LogP contribution in [0.5, 0.6) is 0 Å². The van der Waals surface area contributed by atoms with Gasteiger partial charge in [-0.1, -0.05) is 13.8 Å². The summed E-state index contributed by atoms with van der Waals surface area (Å²) in [4.78, 5) is 37.9. The second-order valence-corrected chi connectivity index (χ2v) is 5.69. The van der Waals surface area contributed by atoms with Gasteiger partial charge in [0.1, 0.15) is 0 Å². The zero-order chi connectivity index (χ0) is 13.7. The minimum absolute atomic E-state index is 0.0637. The summed E-state index contributed by atoms with van der Waals surface area (Å²) in [5, 5.41) is 9.05. The van der Waals surface area contributed by atoms with E-state index in [1.54, 1.807) is 25.8 Å². The molecule has 1 saturated carbocycles. The maximum Gasteiger partial charge on any atom is 0.307 e. The quantitative estimate of drug-likeness (QED) is 0.730. The van der Waals surface area contributed by atoms with Crippen molar-refractivity contribution in [3.63, 3.8) is 0 Å². The molecule has 2 aliphatic rings. The van der Waals surface area contributed by atoms with Crippen molar-refractivity contribution in [2.75, 3.05) is 26.7 Å². The second kappa shape index (κ2) is 3.96. The molecule has 1 saturated heterocycles. The molecule has 0 aromatic carbocycles. The number of aliphatic carboxylic acids is 1. The molecule has 2 amide bonds. The van der Waals surface area contributed by atoms with Crippen LogP contribution in [0.15, 0.2) is 0 Å². The van der Waals surface area contributed by atoms with E-state index in [-0.39, 0.29) is 18.4 Å². The number of carbonyl (C=O) groups is 3. The summed E-state index contributed by atoms with van der Waals surface area (Å²) in [6, 6.07) is 0. The summed E-state index contributed by atoms with van der Waals surface area (Å²) in [5.41, 5.74) is -0.505. The van der Waals surface area contributed by atoms with E-state index in [1.165, 1.54) is 4.90 Å². The van der Waals surface area contributed by atoms with Crippen LogP contribution in [-0.2, 0) is 14.4 Å². The van der Waals surface area contributed by atoms with Gasteiger partial charge in [-0.25, -0.2) is 0 Å². The van der Waals surface area contributed by atoms with Crippen LogP contribution in [0.3, 0.4) is 0 Å². The summed E-state index contributed by atoms with van der Waals surface area (Å²) in [6.07, 6.45) is 0. The SMILES string of the molecule is CN1CCN(C(=O)[C@H]2[C@@H](C(=O)O)C2(C)C)CC1=O. The number of hydrogen-bond donors (Lipinski definition) is 1. The van der Waals surface area contributed by atoms with E-state index in [9.17, 15) is 14.4 Å². The highest BCUT2D eigenvalue weighted by Gasteiger charge is 2.66. The Labute approximate surface area is 106 Å². The third-order valence-corrected chi connectivity index (χ3v) is 4.13. The summed E-state index contributed by atoms with van der Waals surface area (Å²) < 4.78 is 0. The molecule has 0 aromatic rings. The maximum absolute atomic E-state index is 12.2. The second-order valence-electron chi connectivity index (χ2n) is 5.69. The lowest BCUT2D eigenvalue weighted by Gasteiger charge is -2.32. The van der Waals surface area contributed by atoms with Crippen LogP contribution in [0.4, 0.5) is 0 Å². The molecule has 1 aliphatic carbocycles. The number of likely N-dealkylation sites (N-methyl/N-ethyl adjacent to an activating group) is 1. The number of carboxylic acids is 1. The number of amides is 2. The number of rotatable bonds is 2. The summed E-state index contributed by atoms with van der Waals surface area (Å²) in [6.45, 7) is 4.63. The van der Waals surface area contributed by atoms with Gasteiger partial charge in [0.15, 0.2) is 0 Å². The molecule has 6 nitrogen and oxygen atoms in total. The monoisotopic (exact) mass is 254 g/mol. The number of hydrogen-bond acceptors (Lipinski definition) is 3. The molecule has 2 rings (SSSR count). The molecule has 0 radical (unpaired) electrons. The van der Waals surface area contributed by atoms with E-state index in [2.05, 4.69) is 0 Å². The van der Waals surface area contributed by atoms with Crippen molar-refractivity contribution in [3.05, 3.63) is 0 Å². The van der Waals surface area contributed by atoms with E-state index >= 15 is 0 Å². The standard InChI is InChI=1S/C12H18N2O4/c1-12(2)8(9(12)11(17)18)10(16)14-5-4-13(3)7(15)6-14/h8-9H,4-6H2,1-3H3,(H,17,18)/t8-,9+/m1/s1. The largest absolute Gasteiger partial charge is 0.481 e. The van der Waals surface area contributed by atoms with Crippen molar-refractivity contribution in [1.29, 1.82) is 0 Å². The number of carbonyl (C=O) groups excluding carboxylic acids is 2. The highest BCUT2D eigenvalue weighted by atomic mass is 16.4. The molecule has 0 spiro atoms. The molecule has 0 aromatic heterocycles. The topological polar surface area (TPSA) is 77.9 Å². The normalized spacial score (nSPS) is 30.3. The highest BCUT2D eigenvalue weighted by Crippen LogP contribution is 2.59. The predicted molar refractivity (Wildman–Crippen MR) is 62.6 cm³/mol. The molecule has 2 atom stereocenters. The third-order valence-electron chi connectivity index (χ3n) is 4.13. The molecule has 1 heterocycles. The van der Waals surface area contributed by atoms with Gasteiger partial charge in [0.05, 0.1) is 18.4 Å². The molecule has 100 valence electrons. The molecule has 2 fully saturated rings. The van der Waals surface area contributed by atoms with Gasteiger partial charge in [-0.05, 0) is 5.41 Å². The van der Waals surface area contributed by atoms with Crippen molar-refractivity contribution >= 4 is 17.8 Å². The molecular formula is C12H18N2O4. The molecule has 1 aliphatic heterocycles. The molecule has 0 unspecified atom stereocenters. The Balaban J connectivity index is 2.06. The summed E-state index contributed by atoms with van der Waals surface area (Å²) in [5.74, 6) is -2.35. The van der Waals surface area contributed by atoms with Gasteiger partial charge in [0, 0.05) is 20.1 Å². The van der Waals surface area contributed by atoms with Gasteiger partial charge in [0.2, 0.25) is 11.8 Å². The van der Waals surface area contributed by atoms with Crippen molar-refractivity contribution in [1.82, 2.24) is 9.80 Å².